The zero-order valence-corrected chi connectivity index (χ0v) is 16.1. The predicted molar refractivity (Wildman–Crippen MR) is 91.6 cm³/mol. The van der Waals surface area contributed by atoms with Gasteiger partial charge in [0.05, 0.1) is 6.10 Å². The molecule has 0 aromatic carbocycles. The molecule has 140 valence electrons. The van der Waals surface area contributed by atoms with E-state index in [-0.39, 0.29) is 12.5 Å². The number of amides is 1. The van der Waals surface area contributed by atoms with Gasteiger partial charge in [-0.3, -0.25) is 4.90 Å². The molecule has 0 aliphatic carbocycles. The molecule has 6 heteroatoms. The van der Waals surface area contributed by atoms with Crippen LogP contribution < -0.4 is 0 Å². The second-order valence-corrected chi connectivity index (χ2v) is 8.50. The number of hydrogen-bond acceptors (Lipinski definition) is 5. The van der Waals surface area contributed by atoms with Gasteiger partial charge in [-0.05, 0) is 54.4 Å². The molecule has 1 saturated heterocycles. The molecule has 1 rings (SSSR count). The Morgan fingerprint density at radius 1 is 1.04 bits per heavy atom. The number of carbonyl (C=O) groups excluding carboxylic acids is 2. The molecule has 6 nitrogen and oxygen atoms in total. The lowest BCUT2D eigenvalue weighted by molar-refractivity contribution is -0.166. The number of piperidine rings is 1. The van der Waals surface area contributed by atoms with E-state index in [0.29, 0.717) is 12.8 Å². The standard InChI is InChI=1S/C18H33NO5/c1-8-9-12-10-13(20)11-14(15(21)23-17(2,3)4)19(12)16(22)24-18(5,6)7/h12-14,20H,8-11H2,1-7H3/t12-,13+,14-/m0/s1. The molecule has 1 heterocycles. The first kappa shape index (κ1) is 20.7. The SMILES string of the molecule is CCC[C@H]1C[C@@H](O)C[C@@H](C(=O)OC(C)(C)C)N1C(=O)OC(C)(C)C. The van der Waals surface area contributed by atoms with Gasteiger partial charge in [-0.15, -0.1) is 0 Å². The molecular formula is C18H33NO5. The number of esters is 1. The van der Waals surface area contributed by atoms with Crippen LogP contribution in [0.3, 0.4) is 0 Å². The normalized spacial score (nSPS) is 25.3. The van der Waals surface area contributed by atoms with Crippen molar-refractivity contribution in [2.45, 2.75) is 104 Å². The van der Waals surface area contributed by atoms with Crippen molar-refractivity contribution >= 4 is 12.1 Å². The topological polar surface area (TPSA) is 76.1 Å². The highest BCUT2D eigenvalue weighted by molar-refractivity contribution is 5.82. The van der Waals surface area contributed by atoms with Gasteiger partial charge in [0, 0.05) is 12.5 Å². The second kappa shape index (κ2) is 7.72. The summed E-state index contributed by atoms with van der Waals surface area (Å²) >= 11 is 0. The molecule has 3 atom stereocenters. The van der Waals surface area contributed by atoms with E-state index in [4.69, 9.17) is 9.47 Å². The minimum atomic E-state index is -0.820. The van der Waals surface area contributed by atoms with Gasteiger partial charge in [0.15, 0.2) is 0 Å². The summed E-state index contributed by atoms with van der Waals surface area (Å²) in [5.74, 6) is -0.492. The molecule has 24 heavy (non-hydrogen) atoms. The third-order valence-corrected chi connectivity index (χ3v) is 3.67. The molecule has 0 aromatic heterocycles. The summed E-state index contributed by atoms with van der Waals surface area (Å²) in [5, 5.41) is 10.2. The lowest BCUT2D eigenvalue weighted by atomic mass is 9.91. The van der Waals surface area contributed by atoms with E-state index in [2.05, 4.69) is 0 Å². The van der Waals surface area contributed by atoms with Crippen LogP contribution in [-0.2, 0) is 14.3 Å². The number of carbonyl (C=O) groups is 2. The highest BCUT2D eigenvalue weighted by atomic mass is 16.6. The van der Waals surface area contributed by atoms with E-state index in [9.17, 15) is 14.7 Å². The zero-order valence-electron chi connectivity index (χ0n) is 16.1. The van der Waals surface area contributed by atoms with Gasteiger partial charge in [0.25, 0.3) is 0 Å². The van der Waals surface area contributed by atoms with Crippen molar-refractivity contribution in [1.29, 1.82) is 0 Å². The first-order valence-electron chi connectivity index (χ1n) is 8.76. The van der Waals surface area contributed by atoms with Crippen LogP contribution in [0.15, 0.2) is 0 Å². The number of likely N-dealkylation sites (tertiary alicyclic amines) is 1. The van der Waals surface area contributed by atoms with Crippen LogP contribution in [0, 0.1) is 0 Å². The first-order chi connectivity index (χ1) is 10.8. The van der Waals surface area contributed by atoms with Crippen LogP contribution >= 0.6 is 0 Å². The van der Waals surface area contributed by atoms with E-state index < -0.39 is 35.4 Å². The van der Waals surface area contributed by atoms with Crippen molar-refractivity contribution in [1.82, 2.24) is 4.90 Å². The molecular weight excluding hydrogens is 310 g/mol. The Morgan fingerprint density at radius 2 is 1.58 bits per heavy atom. The van der Waals surface area contributed by atoms with Crippen LogP contribution in [0.4, 0.5) is 4.79 Å². The monoisotopic (exact) mass is 343 g/mol. The van der Waals surface area contributed by atoms with Crippen molar-refractivity contribution in [3.8, 4) is 0 Å². The maximum absolute atomic E-state index is 12.7. The Balaban J connectivity index is 3.08. The van der Waals surface area contributed by atoms with Gasteiger partial charge in [0.1, 0.15) is 17.2 Å². The van der Waals surface area contributed by atoms with Crippen LogP contribution in [-0.4, -0.2) is 51.5 Å². The summed E-state index contributed by atoms with van der Waals surface area (Å²) < 4.78 is 11.0. The maximum atomic E-state index is 12.7. The smallest absolute Gasteiger partial charge is 0.411 e. The average molecular weight is 343 g/mol. The van der Waals surface area contributed by atoms with E-state index >= 15 is 0 Å². The Morgan fingerprint density at radius 3 is 2.04 bits per heavy atom. The molecule has 0 radical (unpaired) electrons. The largest absolute Gasteiger partial charge is 0.458 e. The number of aliphatic hydroxyl groups is 1. The third-order valence-electron chi connectivity index (χ3n) is 3.67. The molecule has 1 aliphatic rings. The Hall–Kier alpha value is -1.30. The fraction of sp³-hybridized carbons (Fsp3) is 0.889. The minimum Gasteiger partial charge on any atom is -0.458 e. The molecule has 1 N–H and O–H groups in total. The Labute approximate surface area is 145 Å². The predicted octanol–water partition coefficient (Wildman–Crippen LogP) is 3.26. The second-order valence-electron chi connectivity index (χ2n) is 8.50. The first-order valence-corrected chi connectivity index (χ1v) is 8.76. The van der Waals surface area contributed by atoms with Crippen molar-refractivity contribution < 1.29 is 24.2 Å². The lowest BCUT2D eigenvalue weighted by Crippen LogP contribution is -2.58. The minimum absolute atomic E-state index is 0.175. The average Bonchev–Trinajstić information content (AvgIpc) is 2.33. The molecule has 1 fully saturated rings. The molecule has 0 aromatic rings. The van der Waals surface area contributed by atoms with Crippen molar-refractivity contribution in [3.05, 3.63) is 0 Å². The van der Waals surface area contributed by atoms with Gasteiger partial charge < -0.3 is 14.6 Å². The quantitative estimate of drug-likeness (QED) is 0.796. The summed E-state index contributed by atoms with van der Waals surface area (Å²) in [7, 11) is 0. The van der Waals surface area contributed by atoms with E-state index in [0.717, 1.165) is 6.42 Å². The molecule has 0 unspecified atom stereocenters. The highest BCUT2D eigenvalue weighted by Gasteiger charge is 2.44. The van der Waals surface area contributed by atoms with Gasteiger partial charge in [-0.25, -0.2) is 9.59 Å². The Kier molecular flexibility index (Phi) is 6.67. The summed E-state index contributed by atoms with van der Waals surface area (Å²) in [6.45, 7) is 12.7. The summed E-state index contributed by atoms with van der Waals surface area (Å²) in [6, 6.07) is -1.05. The number of ether oxygens (including phenoxy) is 2. The van der Waals surface area contributed by atoms with Gasteiger partial charge >= 0.3 is 12.1 Å². The highest BCUT2D eigenvalue weighted by Crippen LogP contribution is 2.30. The van der Waals surface area contributed by atoms with E-state index in [1.807, 2.05) is 6.92 Å². The fourth-order valence-electron chi connectivity index (χ4n) is 2.91. The van der Waals surface area contributed by atoms with Crippen molar-refractivity contribution in [2.24, 2.45) is 0 Å². The van der Waals surface area contributed by atoms with Crippen LogP contribution in [0.2, 0.25) is 0 Å². The Bertz CT molecular complexity index is 449. The summed E-state index contributed by atoms with van der Waals surface area (Å²) in [6.07, 6.45) is 1.02. The number of nitrogens with zero attached hydrogens (tertiary/aromatic N) is 1. The molecule has 1 amide bonds. The van der Waals surface area contributed by atoms with Crippen LogP contribution in [0.1, 0.15) is 74.1 Å². The third kappa shape index (κ3) is 6.30. The van der Waals surface area contributed by atoms with Gasteiger partial charge in [-0.2, -0.15) is 0 Å². The number of hydrogen-bond donors (Lipinski definition) is 1. The molecule has 1 aliphatic heterocycles. The van der Waals surface area contributed by atoms with Gasteiger partial charge in [0.2, 0.25) is 0 Å². The van der Waals surface area contributed by atoms with Crippen molar-refractivity contribution in [2.75, 3.05) is 0 Å². The number of aliphatic hydroxyl groups excluding tert-OH is 1. The molecule has 0 saturated carbocycles. The fourth-order valence-corrected chi connectivity index (χ4v) is 2.91. The van der Waals surface area contributed by atoms with Crippen LogP contribution in [0.5, 0.6) is 0 Å². The maximum Gasteiger partial charge on any atom is 0.411 e. The zero-order chi connectivity index (χ0) is 18.7. The van der Waals surface area contributed by atoms with E-state index in [1.165, 1.54) is 4.90 Å². The molecule has 0 spiro atoms. The summed E-state index contributed by atoms with van der Waals surface area (Å²) in [5.41, 5.74) is -1.30. The van der Waals surface area contributed by atoms with Crippen LogP contribution in [0.25, 0.3) is 0 Å². The van der Waals surface area contributed by atoms with Crippen molar-refractivity contribution in [3.63, 3.8) is 0 Å². The lowest BCUT2D eigenvalue weighted by Gasteiger charge is -2.43. The molecule has 0 bridgehead atoms. The van der Waals surface area contributed by atoms with E-state index in [1.54, 1.807) is 41.5 Å². The number of rotatable bonds is 3. The van der Waals surface area contributed by atoms with Gasteiger partial charge in [-0.1, -0.05) is 13.3 Å². The summed E-state index contributed by atoms with van der Waals surface area (Å²) in [4.78, 5) is 26.8.